The van der Waals surface area contributed by atoms with Crippen molar-refractivity contribution in [3.8, 4) is 17.2 Å². The minimum absolute atomic E-state index is 0.140. The van der Waals surface area contributed by atoms with Crippen molar-refractivity contribution < 1.29 is 19.7 Å². The number of rotatable bonds is 7. The summed E-state index contributed by atoms with van der Waals surface area (Å²) in [6, 6.07) is 15.6. The highest BCUT2D eigenvalue weighted by Gasteiger charge is 2.07. The van der Waals surface area contributed by atoms with Gasteiger partial charge in [0.2, 0.25) is 0 Å². The Hall–Kier alpha value is -3.38. The number of hydrogen-bond acceptors (Lipinski definition) is 5. The first-order chi connectivity index (χ1) is 14.0. The molecule has 6 nitrogen and oxygen atoms in total. The van der Waals surface area contributed by atoms with Crippen molar-refractivity contribution in [2.45, 2.75) is 13.5 Å². The summed E-state index contributed by atoms with van der Waals surface area (Å²) >= 11 is 5.85. The van der Waals surface area contributed by atoms with Gasteiger partial charge in [0, 0.05) is 23.0 Å². The quantitative estimate of drug-likeness (QED) is 0.548. The maximum atomic E-state index is 12.5. The number of pyridine rings is 1. The van der Waals surface area contributed by atoms with E-state index in [0.717, 1.165) is 11.1 Å². The van der Waals surface area contributed by atoms with Gasteiger partial charge in [0.15, 0.2) is 5.76 Å². The van der Waals surface area contributed by atoms with Crippen LogP contribution in [0.2, 0.25) is 5.02 Å². The fourth-order valence-electron chi connectivity index (χ4n) is 2.65. The molecule has 0 aliphatic carbocycles. The van der Waals surface area contributed by atoms with Gasteiger partial charge in [-0.15, -0.1) is 0 Å². The predicted molar refractivity (Wildman–Crippen MR) is 111 cm³/mol. The fraction of sp³-hybridized carbons (Fsp3) is 0.136. The summed E-state index contributed by atoms with van der Waals surface area (Å²) in [7, 11) is 0. The smallest absolute Gasteiger partial charge is 0.255 e. The Kier molecular flexibility index (Phi) is 6.46. The van der Waals surface area contributed by atoms with Gasteiger partial charge >= 0.3 is 0 Å². The Morgan fingerprint density at radius 3 is 2.52 bits per heavy atom. The molecule has 1 aromatic heterocycles. The Morgan fingerprint density at radius 1 is 1.10 bits per heavy atom. The predicted octanol–water partition coefficient (Wildman–Crippen LogP) is 4.71. The number of ether oxygens (including phenoxy) is 2. The summed E-state index contributed by atoms with van der Waals surface area (Å²) in [6.45, 7) is 1.96. The number of aliphatic hydroxyl groups excluding tert-OH is 2. The molecular formula is C22H20ClNO5. The van der Waals surface area contributed by atoms with Gasteiger partial charge in [-0.25, -0.2) is 0 Å². The van der Waals surface area contributed by atoms with Crippen molar-refractivity contribution in [2.24, 2.45) is 0 Å². The van der Waals surface area contributed by atoms with Crippen molar-refractivity contribution in [3.05, 3.63) is 99.3 Å². The van der Waals surface area contributed by atoms with Crippen molar-refractivity contribution >= 4 is 11.6 Å². The molecule has 0 amide bonds. The number of halogens is 1. The van der Waals surface area contributed by atoms with E-state index < -0.39 is 0 Å². The zero-order chi connectivity index (χ0) is 20.8. The summed E-state index contributed by atoms with van der Waals surface area (Å²) in [5.41, 5.74) is 2.04. The van der Waals surface area contributed by atoms with E-state index in [0.29, 0.717) is 28.5 Å². The second-order valence-electron chi connectivity index (χ2n) is 6.34. The first-order valence-electron chi connectivity index (χ1n) is 8.82. The molecule has 0 fully saturated rings. The van der Waals surface area contributed by atoms with Crippen LogP contribution in [0.1, 0.15) is 11.1 Å². The van der Waals surface area contributed by atoms with Gasteiger partial charge in [0.05, 0.1) is 0 Å². The largest absolute Gasteiger partial charge is 0.512 e. The van der Waals surface area contributed by atoms with Crippen LogP contribution in [0, 0.1) is 6.92 Å². The van der Waals surface area contributed by atoms with Crippen molar-refractivity contribution in [3.63, 3.8) is 0 Å². The molecule has 150 valence electrons. The van der Waals surface area contributed by atoms with Crippen molar-refractivity contribution in [1.82, 2.24) is 4.57 Å². The zero-order valence-electron chi connectivity index (χ0n) is 15.7. The lowest BCUT2D eigenvalue weighted by Gasteiger charge is -2.12. The van der Waals surface area contributed by atoms with Crippen LogP contribution in [-0.2, 0) is 6.61 Å². The maximum absolute atomic E-state index is 12.5. The van der Waals surface area contributed by atoms with Gasteiger partial charge in [-0.2, -0.15) is 0 Å². The summed E-state index contributed by atoms with van der Waals surface area (Å²) < 4.78 is 12.6. The SMILES string of the molecule is Cc1cc(-n2ccc(COc3ccc(Cl)cc3)cc2=O)ccc1OC/C(O)=C/O. The summed E-state index contributed by atoms with van der Waals surface area (Å²) in [6.07, 6.45) is 2.28. The normalized spacial score (nSPS) is 11.3. The number of aliphatic hydroxyl groups is 2. The molecular weight excluding hydrogens is 394 g/mol. The summed E-state index contributed by atoms with van der Waals surface area (Å²) in [4.78, 5) is 12.5. The molecule has 0 atom stereocenters. The van der Waals surface area contributed by atoms with Crippen molar-refractivity contribution in [2.75, 3.05) is 6.61 Å². The van der Waals surface area contributed by atoms with Crippen LogP contribution in [0.15, 0.2) is 77.6 Å². The standard InChI is InChI=1S/C22H20ClNO5/c1-15-10-18(4-7-21(15)29-14-19(26)12-25)24-9-8-16(11-22(24)27)13-28-20-5-2-17(23)3-6-20/h2-12,25-26H,13-14H2,1H3/b19-12-. The molecule has 3 aromatic rings. The van der Waals surface area contributed by atoms with E-state index in [1.54, 1.807) is 48.7 Å². The molecule has 2 aromatic carbocycles. The van der Waals surface area contributed by atoms with Crippen LogP contribution in [0.3, 0.4) is 0 Å². The number of benzene rings is 2. The van der Waals surface area contributed by atoms with E-state index in [-0.39, 0.29) is 24.5 Å². The topological polar surface area (TPSA) is 80.9 Å². The molecule has 29 heavy (non-hydrogen) atoms. The molecule has 0 aliphatic heterocycles. The molecule has 7 heteroatoms. The molecule has 0 unspecified atom stereocenters. The van der Waals surface area contributed by atoms with Gasteiger partial charge in [-0.3, -0.25) is 9.36 Å². The van der Waals surface area contributed by atoms with Crippen LogP contribution in [-0.4, -0.2) is 21.4 Å². The Morgan fingerprint density at radius 2 is 1.86 bits per heavy atom. The monoisotopic (exact) mass is 413 g/mol. The van der Waals surface area contributed by atoms with Gasteiger partial charge in [0.1, 0.15) is 31.0 Å². The Labute approximate surface area is 172 Å². The molecule has 0 radical (unpaired) electrons. The minimum atomic E-state index is -0.277. The van der Waals surface area contributed by atoms with E-state index in [9.17, 15) is 9.90 Å². The van der Waals surface area contributed by atoms with E-state index in [4.69, 9.17) is 26.2 Å². The minimum Gasteiger partial charge on any atom is -0.512 e. The van der Waals surface area contributed by atoms with Crippen molar-refractivity contribution in [1.29, 1.82) is 0 Å². The lowest BCUT2D eigenvalue weighted by atomic mass is 10.2. The Balaban J connectivity index is 1.71. The average Bonchev–Trinajstić information content (AvgIpc) is 2.72. The third-order valence-corrected chi connectivity index (χ3v) is 4.42. The number of aryl methyl sites for hydroxylation is 1. The van der Waals surface area contributed by atoms with E-state index in [1.165, 1.54) is 10.6 Å². The molecule has 1 heterocycles. The molecule has 3 rings (SSSR count). The second kappa shape index (κ2) is 9.21. The molecule has 0 saturated carbocycles. The lowest BCUT2D eigenvalue weighted by molar-refractivity contribution is 0.254. The summed E-state index contributed by atoms with van der Waals surface area (Å²) in [5.74, 6) is 0.941. The summed E-state index contributed by atoms with van der Waals surface area (Å²) in [5, 5.41) is 18.6. The van der Waals surface area contributed by atoms with Gasteiger partial charge in [-0.1, -0.05) is 11.6 Å². The highest BCUT2D eigenvalue weighted by Crippen LogP contribution is 2.21. The first kappa shape index (κ1) is 20.4. The number of hydrogen-bond donors (Lipinski definition) is 2. The van der Waals surface area contributed by atoms with E-state index >= 15 is 0 Å². The van der Waals surface area contributed by atoms with Crippen LogP contribution in [0.25, 0.3) is 5.69 Å². The molecule has 0 spiro atoms. The number of aromatic nitrogens is 1. The van der Waals surface area contributed by atoms with Crippen LogP contribution >= 0.6 is 11.6 Å². The van der Waals surface area contributed by atoms with Crippen LogP contribution < -0.4 is 15.0 Å². The van der Waals surface area contributed by atoms with Crippen LogP contribution in [0.5, 0.6) is 11.5 Å². The van der Waals surface area contributed by atoms with Gasteiger partial charge in [0.25, 0.3) is 5.56 Å². The van der Waals surface area contributed by atoms with E-state index in [2.05, 4.69) is 0 Å². The van der Waals surface area contributed by atoms with Gasteiger partial charge in [-0.05, 0) is 66.6 Å². The second-order valence-corrected chi connectivity index (χ2v) is 6.78. The number of nitrogens with zero attached hydrogens (tertiary/aromatic N) is 1. The fourth-order valence-corrected chi connectivity index (χ4v) is 2.78. The highest BCUT2D eigenvalue weighted by atomic mass is 35.5. The zero-order valence-corrected chi connectivity index (χ0v) is 16.5. The average molecular weight is 414 g/mol. The van der Waals surface area contributed by atoms with E-state index in [1.807, 2.05) is 13.0 Å². The third kappa shape index (κ3) is 5.33. The molecule has 2 N–H and O–H groups in total. The Bertz CT molecular complexity index is 1070. The molecule has 0 bridgehead atoms. The first-order valence-corrected chi connectivity index (χ1v) is 9.20. The third-order valence-electron chi connectivity index (χ3n) is 4.16. The molecule has 0 aliphatic rings. The van der Waals surface area contributed by atoms with Gasteiger partial charge < -0.3 is 19.7 Å². The highest BCUT2D eigenvalue weighted by molar-refractivity contribution is 6.30. The molecule has 0 saturated heterocycles. The maximum Gasteiger partial charge on any atom is 0.255 e. The lowest BCUT2D eigenvalue weighted by Crippen LogP contribution is -2.18. The van der Waals surface area contributed by atoms with Crippen LogP contribution in [0.4, 0.5) is 0 Å².